The number of hydrogen-bond donors (Lipinski definition) is 2. The van der Waals surface area contributed by atoms with Crippen molar-refractivity contribution in [2.45, 2.75) is 25.4 Å². The van der Waals surface area contributed by atoms with Crippen LogP contribution in [0.15, 0.2) is 0 Å². The molecule has 0 aliphatic rings. The van der Waals surface area contributed by atoms with Crippen molar-refractivity contribution in [2.75, 3.05) is 33.1 Å². The highest BCUT2D eigenvalue weighted by Crippen LogP contribution is 2.12. The van der Waals surface area contributed by atoms with E-state index in [0.29, 0.717) is 13.0 Å². The fourth-order valence-corrected chi connectivity index (χ4v) is 3.29. The highest BCUT2D eigenvalue weighted by atomic mass is 32.2. The lowest BCUT2D eigenvalue weighted by molar-refractivity contribution is 0.248. The van der Waals surface area contributed by atoms with Gasteiger partial charge in [-0.1, -0.05) is 0 Å². The van der Waals surface area contributed by atoms with E-state index in [2.05, 4.69) is 5.32 Å². The second kappa shape index (κ2) is 8.17. The van der Waals surface area contributed by atoms with E-state index in [4.69, 9.17) is 14.0 Å². The van der Waals surface area contributed by atoms with Gasteiger partial charge in [0, 0.05) is 14.2 Å². The molecule has 0 rings (SSSR count). The molecular weight excluding hydrogens is 260 g/mol. The van der Waals surface area contributed by atoms with Crippen LogP contribution in [0.3, 0.4) is 0 Å². The first-order valence-electron chi connectivity index (χ1n) is 5.64. The van der Waals surface area contributed by atoms with Crippen LogP contribution in [0.2, 0.25) is 12.6 Å². The van der Waals surface area contributed by atoms with Crippen LogP contribution in [0, 0.1) is 0 Å². The van der Waals surface area contributed by atoms with Crippen LogP contribution in [-0.4, -0.2) is 50.0 Å². The lowest BCUT2D eigenvalue weighted by atomic mass is 10.4. The van der Waals surface area contributed by atoms with Gasteiger partial charge < -0.3 is 14.2 Å². The minimum atomic E-state index is -3.32. The van der Waals surface area contributed by atoms with Crippen LogP contribution < -0.4 is 10.5 Å². The quantitative estimate of drug-likeness (QED) is 0.435. The van der Waals surface area contributed by atoms with E-state index in [9.17, 15) is 8.42 Å². The molecule has 0 spiro atoms. The van der Waals surface area contributed by atoms with Crippen molar-refractivity contribution >= 4 is 18.6 Å². The number of rotatable bonds is 10. The van der Waals surface area contributed by atoms with Crippen molar-refractivity contribution in [2.24, 2.45) is 5.14 Å². The zero-order chi connectivity index (χ0) is 13.4. The lowest BCUT2D eigenvalue weighted by Gasteiger charge is -2.22. The van der Waals surface area contributed by atoms with Gasteiger partial charge in [0.15, 0.2) is 0 Å². The number of hydrogen-bond acceptors (Lipinski definition) is 5. The summed E-state index contributed by atoms with van der Waals surface area (Å²) in [6, 6.07) is 0.919. The van der Waals surface area contributed by atoms with Crippen LogP contribution in [0.1, 0.15) is 12.8 Å². The highest BCUT2D eigenvalue weighted by Gasteiger charge is 2.27. The highest BCUT2D eigenvalue weighted by molar-refractivity contribution is 7.89. The molecule has 3 N–H and O–H groups in total. The van der Waals surface area contributed by atoms with Crippen molar-refractivity contribution in [3.05, 3.63) is 0 Å². The number of sulfonamides is 1. The maximum absolute atomic E-state index is 10.7. The van der Waals surface area contributed by atoms with Crippen LogP contribution in [0.5, 0.6) is 0 Å². The molecule has 0 aromatic heterocycles. The predicted molar refractivity (Wildman–Crippen MR) is 70.5 cm³/mol. The van der Waals surface area contributed by atoms with Crippen LogP contribution in [0.4, 0.5) is 0 Å². The molecule has 0 aromatic carbocycles. The Labute approximate surface area is 105 Å². The average molecular weight is 284 g/mol. The van der Waals surface area contributed by atoms with Crippen molar-refractivity contribution in [3.8, 4) is 0 Å². The Morgan fingerprint density at radius 3 is 2.18 bits per heavy atom. The predicted octanol–water partition coefficient (Wildman–Crippen LogP) is 0.00950. The summed E-state index contributed by atoms with van der Waals surface area (Å²) >= 11 is 0. The van der Waals surface area contributed by atoms with Gasteiger partial charge in [-0.05, 0) is 38.5 Å². The molecule has 0 fully saturated rings. The molecule has 0 atom stereocenters. The summed E-state index contributed by atoms with van der Waals surface area (Å²) in [5.41, 5.74) is 0. The number of nitrogens with two attached hydrogens (primary N) is 1. The Morgan fingerprint density at radius 1 is 1.18 bits per heavy atom. The third-order valence-electron chi connectivity index (χ3n) is 2.63. The first kappa shape index (κ1) is 17.0. The van der Waals surface area contributed by atoms with E-state index in [0.717, 1.165) is 19.0 Å². The first-order valence-corrected chi connectivity index (χ1v) is 9.88. The maximum Gasteiger partial charge on any atom is 0.334 e. The molecule has 0 heterocycles. The molecule has 6 nitrogen and oxygen atoms in total. The summed E-state index contributed by atoms with van der Waals surface area (Å²) < 4.78 is 32.0. The van der Waals surface area contributed by atoms with Crippen molar-refractivity contribution in [1.29, 1.82) is 0 Å². The van der Waals surface area contributed by atoms with Crippen molar-refractivity contribution in [1.82, 2.24) is 5.32 Å². The zero-order valence-electron chi connectivity index (χ0n) is 10.9. The summed E-state index contributed by atoms with van der Waals surface area (Å²) in [5, 5.41) is 8.06. The fraction of sp³-hybridized carbons (Fsp3) is 1.00. The molecule has 0 aromatic rings. The van der Waals surface area contributed by atoms with Gasteiger partial charge in [0.25, 0.3) is 0 Å². The fourth-order valence-electron chi connectivity index (χ4n) is 1.35. The van der Waals surface area contributed by atoms with E-state index in [1.165, 1.54) is 0 Å². The molecule has 0 unspecified atom stereocenters. The molecule has 104 valence electrons. The molecule has 0 bridgehead atoms. The van der Waals surface area contributed by atoms with Crippen molar-refractivity contribution in [3.63, 3.8) is 0 Å². The topological polar surface area (TPSA) is 90.6 Å². The van der Waals surface area contributed by atoms with Gasteiger partial charge in [0.1, 0.15) is 0 Å². The lowest BCUT2D eigenvalue weighted by Crippen LogP contribution is -2.36. The molecular formula is C9H24N2O4SSi. The standard InChI is InChI=1S/C9H24N2O4SSi/c1-14-17(3,15-2)9-5-7-11-6-4-8-16(10,12)13/h11H,4-9H2,1-3H3,(H2,10,12,13). The summed E-state index contributed by atoms with van der Waals surface area (Å²) in [4.78, 5) is 0. The van der Waals surface area contributed by atoms with E-state index < -0.39 is 18.6 Å². The summed E-state index contributed by atoms with van der Waals surface area (Å²) in [5.74, 6) is 0.0304. The molecule has 0 aliphatic carbocycles. The summed E-state index contributed by atoms with van der Waals surface area (Å²) in [7, 11) is -1.92. The van der Waals surface area contributed by atoms with E-state index in [1.807, 2.05) is 6.55 Å². The molecule has 8 heteroatoms. The second-order valence-corrected chi connectivity index (χ2v) is 9.43. The number of nitrogens with one attached hydrogen (secondary N) is 1. The zero-order valence-corrected chi connectivity index (χ0v) is 12.7. The van der Waals surface area contributed by atoms with Gasteiger partial charge in [0.2, 0.25) is 10.0 Å². The van der Waals surface area contributed by atoms with Crippen LogP contribution >= 0.6 is 0 Å². The van der Waals surface area contributed by atoms with Gasteiger partial charge in [-0.2, -0.15) is 0 Å². The largest absolute Gasteiger partial charge is 0.398 e. The smallest absolute Gasteiger partial charge is 0.334 e. The Balaban J connectivity index is 3.47. The first-order chi connectivity index (χ1) is 7.83. The van der Waals surface area contributed by atoms with Gasteiger partial charge >= 0.3 is 8.56 Å². The molecule has 0 aliphatic heterocycles. The van der Waals surface area contributed by atoms with E-state index >= 15 is 0 Å². The van der Waals surface area contributed by atoms with E-state index in [1.54, 1.807) is 14.2 Å². The molecule has 17 heavy (non-hydrogen) atoms. The Bertz CT molecular complexity index is 293. The van der Waals surface area contributed by atoms with Gasteiger partial charge in [-0.15, -0.1) is 0 Å². The Hall–Kier alpha value is 0.00688. The SMILES string of the molecule is CO[Si](C)(CCCNCCCS(N)(=O)=O)OC. The third kappa shape index (κ3) is 9.69. The molecule has 0 saturated carbocycles. The second-order valence-electron chi connectivity index (χ2n) is 4.12. The Kier molecular flexibility index (Phi) is 8.17. The van der Waals surface area contributed by atoms with Crippen molar-refractivity contribution < 1.29 is 17.3 Å². The Morgan fingerprint density at radius 2 is 1.71 bits per heavy atom. The van der Waals surface area contributed by atoms with Gasteiger partial charge in [-0.25, -0.2) is 13.6 Å². The van der Waals surface area contributed by atoms with E-state index in [-0.39, 0.29) is 5.75 Å². The third-order valence-corrected chi connectivity index (χ3v) is 6.48. The minimum absolute atomic E-state index is 0.0304. The monoisotopic (exact) mass is 284 g/mol. The maximum atomic E-state index is 10.7. The molecule has 0 saturated heterocycles. The van der Waals surface area contributed by atoms with Gasteiger partial charge in [-0.3, -0.25) is 0 Å². The number of primary sulfonamides is 1. The molecule has 0 radical (unpaired) electrons. The van der Waals surface area contributed by atoms with Crippen LogP contribution in [-0.2, 0) is 18.9 Å². The van der Waals surface area contributed by atoms with Gasteiger partial charge in [0.05, 0.1) is 5.75 Å². The average Bonchev–Trinajstić information content (AvgIpc) is 2.26. The van der Waals surface area contributed by atoms with Crippen LogP contribution in [0.25, 0.3) is 0 Å². The normalized spacial score (nSPS) is 12.9. The molecule has 0 amide bonds. The summed E-state index contributed by atoms with van der Waals surface area (Å²) in [6.45, 7) is 3.52. The minimum Gasteiger partial charge on any atom is -0.398 e. The summed E-state index contributed by atoms with van der Waals surface area (Å²) in [6.07, 6.45) is 1.50.